The molecule has 0 fully saturated rings. The van der Waals surface area contributed by atoms with Gasteiger partial charge in [-0.05, 0) is 12.8 Å². The zero-order valence-corrected chi connectivity index (χ0v) is 10.2. The molecule has 0 aliphatic carbocycles. The lowest BCUT2D eigenvalue weighted by Gasteiger charge is -2.00. The molecular weight excluding hydrogens is 196 g/mol. The zero-order valence-electron chi connectivity index (χ0n) is 9.38. The lowest BCUT2D eigenvalue weighted by atomic mass is 10.2. The summed E-state index contributed by atoms with van der Waals surface area (Å²) in [6.45, 7) is 4.02. The van der Waals surface area contributed by atoms with Crippen LogP contribution >= 0.6 is 0 Å². The SMILES string of the molecule is CCCCCS(=O)CCCC(=O)CC. The van der Waals surface area contributed by atoms with Gasteiger partial charge in [0.25, 0.3) is 0 Å². The molecule has 0 saturated heterocycles. The average Bonchev–Trinajstić information content (AvgIpc) is 2.18. The Labute approximate surface area is 89.9 Å². The highest BCUT2D eigenvalue weighted by atomic mass is 32.2. The van der Waals surface area contributed by atoms with Crippen LogP contribution in [-0.4, -0.2) is 21.5 Å². The largest absolute Gasteiger partial charge is 0.300 e. The Kier molecular flexibility index (Phi) is 9.26. The molecule has 0 aromatic carbocycles. The monoisotopic (exact) mass is 218 g/mol. The summed E-state index contributed by atoms with van der Waals surface area (Å²) in [5.41, 5.74) is 0. The Morgan fingerprint density at radius 3 is 2.29 bits per heavy atom. The highest BCUT2D eigenvalue weighted by Gasteiger charge is 2.02. The highest BCUT2D eigenvalue weighted by molar-refractivity contribution is 7.84. The Morgan fingerprint density at radius 2 is 1.71 bits per heavy atom. The van der Waals surface area contributed by atoms with Crippen LogP contribution in [0.5, 0.6) is 0 Å². The van der Waals surface area contributed by atoms with Crippen molar-refractivity contribution in [2.75, 3.05) is 11.5 Å². The minimum atomic E-state index is -0.692. The first-order valence-electron chi connectivity index (χ1n) is 5.57. The van der Waals surface area contributed by atoms with Crippen molar-refractivity contribution in [3.05, 3.63) is 0 Å². The van der Waals surface area contributed by atoms with Crippen molar-refractivity contribution in [3.63, 3.8) is 0 Å². The fourth-order valence-corrected chi connectivity index (χ4v) is 2.42. The van der Waals surface area contributed by atoms with Crippen LogP contribution in [0.15, 0.2) is 0 Å². The fraction of sp³-hybridized carbons (Fsp3) is 0.909. The number of hydrogen-bond donors (Lipinski definition) is 0. The molecule has 2 nitrogen and oxygen atoms in total. The van der Waals surface area contributed by atoms with E-state index >= 15 is 0 Å². The zero-order chi connectivity index (χ0) is 10.8. The second-order valence-corrected chi connectivity index (χ2v) is 5.25. The van der Waals surface area contributed by atoms with Crippen LogP contribution in [0.3, 0.4) is 0 Å². The fourth-order valence-electron chi connectivity index (χ4n) is 1.22. The van der Waals surface area contributed by atoms with E-state index < -0.39 is 10.8 Å². The van der Waals surface area contributed by atoms with E-state index in [1.807, 2.05) is 6.92 Å². The minimum absolute atomic E-state index is 0.288. The summed E-state index contributed by atoms with van der Waals surface area (Å²) in [7, 11) is -0.692. The van der Waals surface area contributed by atoms with Gasteiger partial charge >= 0.3 is 0 Å². The summed E-state index contributed by atoms with van der Waals surface area (Å²) in [5.74, 6) is 1.81. The Balaban J connectivity index is 3.31. The maximum atomic E-state index is 11.4. The van der Waals surface area contributed by atoms with Crippen LogP contribution < -0.4 is 0 Å². The smallest absolute Gasteiger partial charge is 0.132 e. The van der Waals surface area contributed by atoms with Crippen molar-refractivity contribution in [3.8, 4) is 0 Å². The number of ketones is 1. The molecule has 0 aromatic heterocycles. The summed E-state index contributed by atoms with van der Waals surface area (Å²) in [6.07, 6.45) is 5.42. The third-order valence-corrected chi connectivity index (χ3v) is 3.69. The molecule has 1 atom stereocenters. The van der Waals surface area contributed by atoms with E-state index in [1.165, 1.54) is 12.8 Å². The third kappa shape index (κ3) is 8.42. The van der Waals surface area contributed by atoms with Gasteiger partial charge in [-0.25, -0.2) is 0 Å². The molecule has 0 aliphatic rings. The molecule has 0 N–H and O–H groups in total. The molecule has 3 heteroatoms. The quantitative estimate of drug-likeness (QED) is 0.558. The van der Waals surface area contributed by atoms with Gasteiger partial charge in [0.2, 0.25) is 0 Å². The maximum Gasteiger partial charge on any atom is 0.132 e. The van der Waals surface area contributed by atoms with E-state index in [4.69, 9.17) is 0 Å². The maximum absolute atomic E-state index is 11.4. The minimum Gasteiger partial charge on any atom is -0.300 e. The van der Waals surface area contributed by atoms with Crippen LogP contribution in [-0.2, 0) is 15.6 Å². The normalized spacial score (nSPS) is 12.7. The average molecular weight is 218 g/mol. The van der Waals surface area contributed by atoms with Crippen molar-refractivity contribution >= 4 is 16.6 Å². The van der Waals surface area contributed by atoms with Gasteiger partial charge in [-0.15, -0.1) is 0 Å². The Hall–Kier alpha value is -0.180. The molecule has 0 spiro atoms. The van der Waals surface area contributed by atoms with Gasteiger partial charge in [-0.3, -0.25) is 9.00 Å². The summed E-state index contributed by atoms with van der Waals surface area (Å²) >= 11 is 0. The Morgan fingerprint density at radius 1 is 1.07 bits per heavy atom. The van der Waals surface area contributed by atoms with Crippen molar-refractivity contribution in [1.29, 1.82) is 0 Å². The summed E-state index contributed by atoms with van der Waals surface area (Å²) < 4.78 is 11.4. The van der Waals surface area contributed by atoms with Gasteiger partial charge in [0.05, 0.1) is 0 Å². The molecule has 0 amide bonds. The van der Waals surface area contributed by atoms with Crippen LogP contribution in [0, 0.1) is 0 Å². The standard InChI is InChI=1S/C11H22O2S/c1-3-5-6-9-14(13)10-7-8-11(12)4-2/h3-10H2,1-2H3. The van der Waals surface area contributed by atoms with Gasteiger partial charge in [-0.2, -0.15) is 0 Å². The number of unbranched alkanes of at least 4 members (excludes halogenated alkanes) is 2. The number of carbonyl (C=O) groups is 1. The first-order chi connectivity index (χ1) is 6.70. The molecule has 0 rings (SSSR count). The van der Waals surface area contributed by atoms with Gasteiger partial charge in [0, 0.05) is 35.1 Å². The summed E-state index contributed by atoms with van der Waals surface area (Å²) in [4.78, 5) is 11.0. The molecule has 14 heavy (non-hydrogen) atoms. The summed E-state index contributed by atoms with van der Waals surface area (Å²) in [5, 5.41) is 0. The van der Waals surface area contributed by atoms with Crippen molar-refractivity contribution in [2.45, 2.75) is 52.4 Å². The molecule has 0 aromatic rings. The lowest BCUT2D eigenvalue weighted by Crippen LogP contribution is -2.05. The van der Waals surface area contributed by atoms with E-state index in [0.717, 1.165) is 18.6 Å². The number of carbonyl (C=O) groups excluding carboxylic acids is 1. The van der Waals surface area contributed by atoms with Gasteiger partial charge < -0.3 is 0 Å². The molecule has 0 radical (unpaired) electrons. The predicted molar refractivity (Wildman–Crippen MR) is 61.9 cm³/mol. The molecule has 0 bridgehead atoms. The van der Waals surface area contributed by atoms with E-state index in [2.05, 4.69) is 6.92 Å². The Bertz CT molecular complexity index is 178. The van der Waals surface area contributed by atoms with Crippen LogP contribution in [0.25, 0.3) is 0 Å². The molecule has 0 saturated carbocycles. The van der Waals surface area contributed by atoms with Crippen molar-refractivity contribution < 1.29 is 9.00 Å². The van der Waals surface area contributed by atoms with E-state index in [9.17, 15) is 9.00 Å². The molecule has 0 heterocycles. The van der Waals surface area contributed by atoms with Crippen molar-refractivity contribution in [2.24, 2.45) is 0 Å². The number of Topliss-reactive ketones (excluding diaryl/α,β-unsaturated/α-hetero) is 1. The van der Waals surface area contributed by atoms with Gasteiger partial charge in [0.15, 0.2) is 0 Å². The predicted octanol–water partition coefficient (Wildman–Crippen LogP) is 2.68. The van der Waals surface area contributed by atoms with Crippen molar-refractivity contribution in [1.82, 2.24) is 0 Å². The van der Waals surface area contributed by atoms with E-state index in [0.29, 0.717) is 18.6 Å². The first-order valence-corrected chi connectivity index (χ1v) is 7.06. The molecule has 0 aliphatic heterocycles. The summed E-state index contributed by atoms with van der Waals surface area (Å²) in [6, 6.07) is 0. The molecule has 84 valence electrons. The van der Waals surface area contributed by atoms with E-state index in [1.54, 1.807) is 0 Å². The second kappa shape index (κ2) is 9.38. The van der Waals surface area contributed by atoms with Gasteiger partial charge in [-0.1, -0.05) is 26.7 Å². The molecule has 1 unspecified atom stereocenters. The number of rotatable bonds is 9. The second-order valence-electron chi connectivity index (χ2n) is 3.55. The topological polar surface area (TPSA) is 34.1 Å². The van der Waals surface area contributed by atoms with Crippen LogP contribution in [0.4, 0.5) is 0 Å². The van der Waals surface area contributed by atoms with Crippen LogP contribution in [0.1, 0.15) is 52.4 Å². The van der Waals surface area contributed by atoms with E-state index in [-0.39, 0.29) is 5.78 Å². The first kappa shape index (κ1) is 13.8. The molecular formula is C11H22O2S. The third-order valence-electron chi connectivity index (χ3n) is 2.20. The lowest BCUT2D eigenvalue weighted by molar-refractivity contribution is -0.118. The van der Waals surface area contributed by atoms with Gasteiger partial charge in [0.1, 0.15) is 5.78 Å². The number of hydrogen-bond acceptors (Lipinski definition) is 2. The highest BCUT2D eigenvalue weighted by Crippen LogP contribution is 2.01. The van der Waals surface area contributed by atoms with Crippen LogP contribution in [0.2, 0.25) is 0 Å².